The molecule has 19 heavy (non-hydrogen) atoms. The molecule has 0 radical (unpaired) electrons. The lowest BCUT2D eigenvalue weighted by atomic mass is 10.1. The first kappa shape index (κ1) is 13.8. The quantitative estimate of drug-likeness (QED) is 0.738. The van der Waals surface area contributed by atoms with Crippen molar-refractivity contribution in [2.45, 2.75) is 19.1 Å². The van der Waals surface area contributed by atoms with Gasteiger partial charge in [-0.15, -0.1) is 0 Å². The number of benzene rings is 1. The van der Waals surface area contributed by atoms with Crippen molar-refractivity contribution < 1.29 is 14.6 Å². The maximum absolute atomic E-state index is 11.5. The number of aliphatic hydroxyl groups excluding tert-OH is 1. The summed E-state index contributed by atoms with van der Waals surface area (Å²) in [6.45, 7) is 1.84. The summed E-state index contributed by atoms with van der Waals surface area (Å²) in [6.07, 6.45) is 0.492. The van der Waals surface area contributed by atoms with E-state index in [9.17, 15) is 4.79 Å². The van der Waals surface area contributed by atoms with Crippen molar-refractivity contribution in [3.63, 3.8) is 0 Å². The molecule has 5 nitrogen and oxygen atoms in total. The molecular weight excluding hydrogens is 244 g/mol. The molecule has 3 N–H and O–H groups in total. The third-order valence-electron chi connectivity index (χ3n) is 3.28. The Morgan fingerprint density at radius 1 is 1.42 bits per heavy atom. The second-order valence-electron chi connectivity index (χ2n) is 4.83. The Balaban J connectivity index is 1.63. The van der Waals surface area contributed by atoms with E-state index >= 15 is 0 Å². The van der Waals surface area contributed by atoms with Crippen LogP contribution in [0, 0.1) is 5.92 Å². The zero-order chi connectivity index (χ0) is 13.5. The van der Waals surface area contributed by atoms with E-state index in [0.717, 1.165) is 18.5 Å². The van der Waals surface area contributed by atoms with Crippen LogP contribution in [0.3, 0.4) is 0 Å². The fourth-order valence-electron chi connectivity index (χ4n) is 2.20. The lowest BCUT2D eigenvalue weighted by molar-refractivity contribution is 0.138. The molecule has 1 aliphatic heterocycles. The summed E-state index contributed by atoms with van der Waals surface area (Å²) in [5.74, 6) is 0.362. The van der Waals surface area contributed by atoms with Crippen LogP contribution >= 0.6 is 0 Å². The highest BCUT2D eigenvalue weighted by Crippen LogP contribution is 2.12. The molecule has 0 unspecified atom stereocenters. The third-order valence-corrected chi connectivity index (χ3v) is 3.28. The number of rotatable bonds is 5. The summed E-state index contributed by atoms with van der Waals surface area (Å²) >= 11 is 0. The molecule has 5 heteroatoms. The Bertz CT molecular complexity index is 397. The van der Waals surface area contributed by atoms with Crippen LogP contribution in [0.2, 0.25) is 0 Å². The molecule has 1 aliphatic rings. The van der Waals surface area contributed by atoms with Crippen molar-refractivity contribution in [1.29, 1.82) is 0 Å². The van der Waals surface area contributed by atoms with Gasteiger partial charge in [0.05, 0.1) is 6.61 Å². The largest absolute Gasteiger partial charge is 0.445 e. The van der Waals surface area contributed by atoms with Crippen LogP contribution in [0.5, 0.6) is 0 Å². The van der Waals surface area contributed by atoms with Crippen molar-refractivity contribution in [2.75, 3.05) is 19.7 Å². The van der Waals surface area contributed by atoms with Crippen molar-refractivity contribution in [3.8, 4) is 0 Å². The molecule has 0 spiro atoms. The smallest absolute Gasteiger partial charge is 0.407 e. The number of amides is 1. The summed E-state index contributed by atoms with van der Waals surface area (Å²) in [7, 11) is 0. The minimum atomic E-state index is -0.392. The Morgan fingerprint density at radius 3 is 2.89 bits per heavy atom. The van der Waals surface area contributed by atoms with Crippen LogP contribution in [-0.2, 0) is 11.3 Å². The highest BCUT2D eigenvalue weighted by molar-refractivity contribution is 5.67. The number of carbonyl (C=O) groups excluding carboxylic acids is 1. The predicted molar refractivity (Wildman–Crippen MR) is 71.6 cm³/mol. The van der Waals surface area contributed by atoms with E-state index in [2.05, 4.69) is 10.6 Å². The number of hydrogen-bond acceptors (Lipinski definition) is 4. The van der Waals surface area contributed by atoms with Gasteiger partial charge in [-0.05, 0) is 17.9 Å². The molecule has 1 fully saturated rings. The standard InChI is InChI=1S/C14H20N2O3/c17-9-13-6-12(7-15-13)8-16-14(18)19-10-11-4-2-1-3-5-11/h1-5,12-13,15,17H,6-10H2,(H,16,18)/t12-,13-/m0/s1. The summed E-state index contributed by atoms with van der Waals surface area (Å²) in [5, 5.41) is 14.9. The van der Waals surface area contributed by atoms with Gasteiger partial charge in [0.25, 0.3) is 0 Å². The predicted octanol–water partition coefficient (Wildman–Crippen LogP) is 0.883. The minimum Gasteiger partial charge on any atom is -0.445 e. The number of hydrogen-bond donors (Lipinski definition) is 3. The summed E-state index contributed by atoms with van der Waals surface area (Å²) in [6, 6.07) is 9.74. The van der Waals surface area contributed by atoms with E-state index in [1.165, 1.54) is 0 Å². The van der Waals surface area contributed by atoms with Gasteiger partial charge in [-0.1, -0.05) is 30.3 Å². The fourth-order valence-corrected chi connectivity index (χ4v) is 2.20. The highest BCUT2D eigenvalue weighted by Gasteiger charge is 2.23. The van der Waals surface area contributed by atoms with E-state index in [1.54, 1.807) is 0 Å². The number of nitrogens with one attached hydrogen (secondary N) is 2. The van der Waals surface area contributed by atoms with Crippen molar-refractivity contribution in [2.24, 2.45) is 5.92 Å². The molecule has 2 rings (SSSR count). The van der Waals surface area contributed by atoms with E-state index in [4.69, 9.17) is 9.84 Å². The van der Waals surface area contributed by atoms with Gasteiger partial charge >= 0.3 is 6.09 Å². The number of carbonyl (C=O) groups is 1. The van der Waals surface area contributed by atoms with Crippen LogP contribution < -0.4 is 10.6 Å². The lowest BCUT2D eigenvalue weighted by Gasteiger charge is -2.11. The van der Waals surface area contributed by atoms with Crippen LogP contribution in [-0.4, -0.2) is 36.9 Å². The zero-order valence-electron chi connectivity index (χ0n) is 10.8. The highest BCUT2D eigenvalue weighted by atomic mass is 16.5. The Labute approximate surface area is 113 Å². The topological polar surface area (TPSA) is 70.6 Å². The Kier molecular flexibility index (Phi) is 5.18. The molecule has 0 bridgehead atoms. The van der Waals surface area contributed by atoms with Gasteiger partial charge in [0.1, 0.15) is 6.61 Å². The third kappa shape index (κ3) is 4.54. The second-order valence-corrected chi connectivity index (χ2v) is 4.83. The van der Waals surface area contributed by atoms with Crippen LogP contribution in [0.4, 0.5) is 4.79 Å². The Morgan fingerprint density at radius 2 is 2.21 bits per heavy atom. The molecule has 0 aromatic heterocycles. The summed E-state index contributed by atoms with van der Waals surface area (Å²) in [4.78, 5) is 11.5. The molecule has 0 aliphatic carbocycles. The van der Waals surface area contributed by atoms with Crippen LogP contribution in [0.1, 0.15) is 12.0 Å². The van der Waals surface area contributed by atoms with Gasteiger partial charge in [-0.25, -0.2) is 4.79 Å². The number of alkyl carbamates (subject to hydrolysis) is 1. The average molecular weight is 264 g/mol. The van der Waals surface area contributed by atoms with Crippen LogP contribution in [0.15, 0.2) is 30.3 Å². The molecule has 1 aromatic rings. The minimum absolute atomic E-state index is 0.148. The monoisotopic (exact) mass is 264 g/mol. The lowest BCUT2D eigenvalue weighted by Crippen LogP contribution is -2.30. The first-order chi connectivity index (χ1) is 9.28. The molecule has 1 heterocycles. The van der Waals surface area contributed by atoms with E-state index in [1.807, 2.05) is 30.3 Å². The average Bonchev–Trinajstić information content (AvgIpc) is 2.92. The molecule has 0 saturated carbocycles. The van der Waals surface area contributed by atoms with Crippen molar-refractivity contribution in [1.82, 2.24) is 10.6 Å². The van der Waals surface area contributed by atoms with Crippen molar-refractivity contribution in [3.05, 3.63) is 35.9 Å². The second kappa shape index (κ2) is 7.11. The van der Waals surface area contributed by atoms with Gasteiger partial charge in [-0.2, -0.15) is 0 Å². The SMILES string of the molecule is O=C(NC[C@@H]1CN[C@H](CO)C1)OCc1ccccc1. The van der Waals surface area contributed by atoms with E-state index < -0.39 is 6.09 Å². The first-order valence-electron chi connectivity index (χ1n) is 6.56. The number of aliphatic hydroxyl groups is 1. The first-order valence-corrected chi connectivity index (χ1v) is 6.56. The Hall–Kier alpha value is -1.59. The summed E-state index contributed by atoms with van der Waals surface area (Å²) < 4.78 is 5.12. The normalized spacial score (nSPS) is 22.2. The van der Waals surface area contributed by atoms with Gasteiger partial charge in [0, 0.05) is 19.1 Å². The van der Waals surface area contributed by atoms with E-state index in [0.29, 0.717) is 12.5 Å². The zero-order valence-corrected chi connectivity index (χ0v) is 10.8. The van der Waals surface area contributed by atoms with Crippen LogP contribution in [0.25, 0.3) is 0 Å². The van der Waals surface area contributed by atoms with Crippen molar-refractivity contribution >= 4 is 6.09 Å². The molecule has 2 atom stereocenters. The molecular formula is C14H20N2O3. The molecule has 1 amide bonds. The van der Waals surface area contributed by atoms with E-state index in [-0.39, 0.29) is 19.3 Å². The van der Waals surface area contributed by atoms with Gasteiger partial charge in [0.15, 0.2) is 0 Å². The van der Waals surface area contributed by atoms with Gasteiger partial charge < -0.3 is 20.5 Å². The maximum atomic E-state index is 11.5. The molecule has 1 saturated heterocycles. The molecule has 1 aromatic carbocycles. The summed E-state index contributed by atoms with van der Waals surface area (Å²) in [5.41, 5.74) is 0.973. The fraction of sp³-hybridized carbons (Fsp3) is 0.500. The number of ether oxygens (including phenoxy) is 1. The van der Waals surface area contributed by atoms with Gasteiger partial charge in [0.2, 0.25) is 0 Å². The van der Waals surface area contributed by atoms with Gasteiger partial charge in [-0.3, -0.25) is 0 Å². The molecule has 104 valence electrons. The maximum Gasteiger partial charge on any atom is 0.407 e.